The normalized spacial score (nSPS) is 26.2. The van der Waals surface area contributed by atoms with Gasteiger partial charge in [0, 0.05) is 19.1 Å². The van der Waals surface area contributed by atoms with Crippen LogP contribution in [-0.2, 0) is 9.53 Å². The van der Waals surface area contributed by atoms with Crippen molar-refractivity contribution in [1.29, 1.82) is 0 Å². The number of aliphatic hydroxyl groups is 1. The smallest absolute Gasteiger partial charge is 0.242 e. The Morgan fingerprint density at radius 2 is 2.31 bits per heavy atom. The summed E-state index contributed by atoms with van der Waals surface area (Å²) in [6.45, 7) is 2.34. The molecule has 0 radical (unpaired) electrons. The van der Waals surface area contributed by atoms with Crippen LogP contribution in [-0.4, -0.2) is 60.9 Å². The van der Waals surface area contributed by atoms with Crippen molar-refractivity contribution in [3.05, 3.63) is 0 Å². The molecular weight excluding hydrogens is 208 g/mol. The van der Waals surface area contributed by atoms with E-state index in [4.69, 9.17) is 9.84 Å². The molecular formula is C11H20N2O3. The van der Waals surface area contributed by atoms with E-state index in [0.717, 1.165) is 19.4 Å². The first-order valence-corrected chi connectivity index (χ1v) is 6.05. The molecule has 5 heteroatoms. The lowest BCUT2D eigenvalue weighted by atomic mass is 9.91. The first kappa shape index (κ1) is 11.8. The van der Waals surface area contributed by atoms with Gasteiger partial charge in [-0.2, -0.15) is 0 Å². The zero-order valence-electron chi connectivity index (χ0n) is 9.52. The van der Waals surface area contributed by atoms with Crippen molar-refractivity contribution < 1.29 is 14.6 Å². The minimum absolute atomic E-state index is 0.0375. The van der Waals surface area contributed by atoms with Gasteiger partial charge in [-0.05, 0) is 19.3 Å². The summed E-state index contributed by atoms with van der Waals surface area (Å²) in [7, 11) is 0. The zero-order valence-corrected chi connectivity index (χ0v) is 9.52. The molecule has 2 aliphatic rings. The molecule has 0 aromatic rings. The highest BCUT2D eigenvalue weighted by molar-refractivity contribution is 5.82. The highest BCUT2D eigenvalue weighted by Gasteiger charge is 2.33. The highest BCUT2D eigenvalue weighted by atomic mass is 16.5. The Labute approximate surface area is 95.8 Å². The predicted molar refractivity (Wildman–Crippen MR) is 59.0 cm³/mol. The lowest BCUT2D eigenvalue weighted by Crippen LogP contribution is -2.56. The number of ether oxygens (including phenoxy) is 1. The number of rotatable bonds is 4. The van der Waals surface area contributed by atoms with Crippen molar-refractivity contribution in [3.63, 3.8) is 0 Å². The van der Waals surface area contributed by atoms with Crippen molar-refractivity contribution in [1.82, 2.24) is 10.2 Å². The maximum atomic E-state index is 12.2. The van der Waals surface area contributed by atoms with Gasteiger partial charge in [0.15, 0.2) is 0 Å². The number of nitrogens with one attached hydrogen (secondary N) is 1. The number of carbonyl (C=O) groups excluding carboxylic acids is 1. The Morgan fingerprint density at radius 1 is 1.50 bits per heavy atom. The molecule has 2 rings (SSSR count). The average Bonchev–Trinajstić information content (AvgIpc) is 2.26. The second kappa shape index (κ2) is 5.61. The molecule has 0 spiro atoms. The minimum Gasteiger partial charge on any atom is -0.395 e. The van der Waals surface area contributed by atoms with Crippen LogP contribution >= 0.6 is 0 Å². The van der Waals surface area contributed by atoms with Crippen LogP contribution in [0.3, 0.4) is 0 Å². The first-order chi connectivity index (χ1) is 7.83. The van der Waals surface area contributed by atoms with Crippen LogP contribution < -0.4 is 5.32 Å². The Morgan fingerprint density at radius 3 is 2.81 bits per heavy atom. The molecule has 1 unspecified atom stereocenters. The molecule has 1 atom stereocenters. The van der Waals surface area contributed by atoms with Gasteiger partial charge in [-0.1, -0.05) is 0 Å². The number of hydrogen-bond donors (Lipinski definition) is 2. The van der Waals surface area contributed by atoms with Gasteiger partial charge in [0.1, 0.15) is 6.04 Å². The molecule has 1 saturated heterocycles. The van der Waals surface area contributed by atoms with E-state index in [-0.39, 0.29) is 18.6 Å². The van der Waals surface area contributed by atoms with Gasteiger partial charge in [0.25, 0.3) is 0 Å². The van der Waals surface area contributed by atoms with Crippen LogP contribution in [0, 0.1) is 0 Å². The third-order valence-corrected chi connectivity index (χ3v) is 3.36. The second-order valence-corrected chi connectivity index (χ2v) is 4.42. The fourth-order valence-electron chi connectivity index (χ4n) is 2.20. The second-order valence-electron chi connectivity index (χ2n) is 4.42. The maximum Gasteiger partial charge on any atom is 0.242 e. The molecule has 2 fully saturated rings. The van der Waals surface area contributed by atoms with Crippen LogP contribution in [0.15, 0.2) is 0 Å². The van der Waals surface area contributed by atoms with Gasteiger partial charge in [-0.15, -0.1) is 0 Å². The maximum absolute atomic E-state index is 12.2. The molecule has 92 valence electrons. The predicted octanol–water partition coefficient (Wildman–Crippen LogP) is -0.652. The average molecular weight is 228 g/mol. The van der Waals surface area contributed by atoms with Crippen LogP contribution in [0.2, 0.25) is 0 Å². The SMILES string of the molecule is O=C(C1COCCN1)N(CCO)C1CCC1. The van der Waals surface area contributed by atoms with Crippen LogP contribution in [0.4, 0.5) is 0 Å². The molecule has 1 aliphatic carbocycles. The van der Waals surface area contributed by atoms with Crippen molar-refractivity contribution in [3.8, 4) is 0 Å². The number of carbonyl (C=O) groups is 1. The third kappa shape index (κ3) is 2.53. The molecule has 5 nitrogen and oxygen atoms in total. The van der Waals surface area contributed by atoms with Crippen molar-refractivity contribution in [2.24, 2.45) is 0 Å². The summed E-state index contributed by atoms with van der Waals surface area (Å²) in [6, 6.07) is 0.115. The molecule has 1 aliphatic heterocycles. The van der Waals surface area contributed by atoms with E-state index >= 15 is 0 Å². The quantitative estimate of drug-likeness (QED) is 0.671. The lowest BCUT2D eigenvalue weighted by Gasteiger charge is -2.39. The molecule has 0 aromatic heterocycles. The largest absolute Gasteiger partial charge is 0.395 e. The summed E-state index contributed by atoms with van der Waals surface area (Å²) in [5.41, 5.74) is 0. The Hall–Kier alpha value is -0.650. The van der Waals surface area contributed by atoms with Gasteiger partial charge < -0.3 is 20.1 Å². The Bertz CT molecular complexity index is 237. The molecule has 2 N–H and O–H groups in total. The molecule has 1 amide bonds. The summed E-state index contributed by atoms with van der Waals surface area (Å²) >= 11 is 0. The monoisotopic (exact) mass is 228 g/mol. The van der Waals surface area contributed by atoms with Gasteiger partial charge >= 0.3 is 0 Å². The summed E-state index contributed by atoms with van der Waals surface area (Å²) in [4.78, 5) is 14.0. The summed E-state index contributed by atoms with van der Waals surface area (Å²) in [6.07, 6.45) is 3.33. The van der Waals surface area contributed by atoms with Gasteiger partial charge in [0.2, 0.25) is 5.91 Å². The number of amides is 1. The minimum atomic E-state index is -0.221. The Balaban J connectivity index is 1.92. The molecule has 1 heterocycles. The van der Waals surface area contributed by atoms with Gasteiger partial charge in [0.05, 0.1) is 19.8 Å². The van der Waals surface area contributed by atoms with Crippen molar-refractivity contribution >= 4 is 5.91 Å². The number of morpholine rings is 1. The van der Waals surface area contributed by atoms with Crippen LogP contribution in [0.5, 0.6) is 0 Å². The number of aliphatic hydroxyl groups excluding tert-OH is 1. The van der Waals surface area contributed by atoms with E-state index in [0.29, 0.717) is 25.8 Å². The van der Waals surface area contributed by atoms with E-state index in [1.54, 1.807) is 0 Å². The summed E-state index contributed by atoms with van der Waals surface area (Å²) < 4.78 is 5.29. The summed E-state index contributed by atoms with van der Waals surface area (Å²) in [5, 5.41) is 12.2. The zero-order chi connectivity index (χ0) is 11.4. The topological polar surface area (TPSA) is 61.8 Å². The van der Waals surface area contributed by atoms with E-state index in [1.165, 1.54) is 6.42 Å². The fourth-order valence-corrected chi connectivity index (χ4v) is 2.20. The lowest BCUT2D eigenvalue weighted by molar-refractivity contribution is -0.141. The molecule has 0 aromatic carbocycles. The van der Waals surface area contributed by atoms with Crippen molar-refractivity contribution in [2.75, 3.05) is 32.9 Å². The van der Waals surface area contributed by atoms with E-state index < -0.39 is 0 Å². The van der Waals surface area contributed by atoms with Crippen LogP contribution in [0.25, 0.3) is 0 Å². The van der Waals surface area contributed by atoms with E-state index in [2.05, 4.69) is 5.32 Å². The summed E-state index contributed by atoms with van der Waals surface area (Å²) in [5.74, 6) is 0.0819. The van der Waals surface area contributed by atoms with E-state index in [9.17, 15) is 4.79 Å². The fraction of sp³-hybridized carbons (Fsp3) is 0.909. The van der Waals surface area contributed by atoms with Crippen LogP contribution in [0.1, 0.15) is 19.3 Å². The third-order valence-electron chi connectivity index (χ3n) is 3.36. The highest BCUT2D eigenvalue weighted by Crippen LogP contribution is 2.25. The van der Waals surface area contributed by atoms with E-state index in [1.807, 2.05) is 4.90 Å². The van der Waals surface area contributed by atoms with Gasteiger partial charge in [-0.25, -0.2) is 0 Å². The molecule has 16 heavy (non-hydrogen) atoms. The van der Waals surface area contributed by atoms with Gasteiger partial charge in [-0.3, -0.25) is 4.79 Å². The standard InChI is InChI=1S/C11H20N2O3/c14-6-5-13(9-2-1-3-9)11(15)10-8-16-7-4-12-10/h9-10,12,14H,1-8H2. The Kier molecular flexibility index (Phi) is 4.15. The number of hydrogen-bond acceptors (Lipinski definition) is 4. The van der Waals surface area contributed by atoms with Crippen molar-refractivity contribution in [2.45, 2.75) is 31.3 Å². The molecule has 0 bridgehead atoms. The number of nitrogens with zero attached hydrogens (tertiary/aromatic N) is 1. The molecule has 1 saturated carbocycles. The first-order valence-electron chi connectivity index (χ1n) is 6.05.